The molecule has 73 heavy (non-hydrogen) atoms. The highest BCUT2D eigenvalue weighted by Gasteiger charge is 2.28. The summed E-state index contributed by atoms with van der Waals surface area (Å²) >= 11 is 0. The van der Waals surface area contributed by atoms with Gasteiger partial charge in [0.25, 0.3) is 0 Å². The Morgan fingerprint density at radius 1 is 0.466 bits per heavy atom. The Labute approximate surface area is 436 Å². The van der Waals surface area contributed by atoms with Gasteiger partial charge in [0, 0.05) is 58.2 Å². The quantitative estimate of drug-likeness (QED) is 0.0730. The molecule has 1 aromatic heterocycles. The predicted molar refractivity (Wildman–Crippen MR) is 302 cm³/mol. The highest BCUT2D eigenvalue weighted by atomic mass is 16.3. The Morgan fingerprint density at radius 3 is 1.14 bits per heavy atom. The molecule has 2 saturated carbocycles. The number of rotatable bonds is 12. The summed E-state index contributed by atoms with van der Waals surface area (Å²) in [7, 11) is 0. The molecule has 2 aliphatic rings. The smallest absolute Gasteiger partial charge is 0.244 e. The number of imidazole rings is 1. The van der Waals surface area contributed by atoms with E-state index in [0.717, 1.165) is 107 Å². The number of aromatic nitrogens is 2. The molecule has 4 N–H and O–H groups in total. The maximum atomic E-state index is 11.9. The Hall–Kier alpha value is -6.03. The van der Waals surface area contributed by atoms with Crippen LogP contribution in [0.1, 0.15) is 201 Å². The van der Waals surface area contributed by atoms with Crippen molar-refractivity contribution in [3.8, 4) is 23.0 Å². The van der Waals surface area contributed by atoms with Crippen LogP contribution in [0.25, 0.3) is 0 Å². The minimum absolute atomic E-state index is 0.0317. The van der Waals surface area contributed by atoms with Crippen LogP contribution < -0.4 is 4.57 Å². The zero-order chi connectivity index (χ0) is 53.2. The van der Waals surface area contributed by atoms with E-state index in [4.69, 9.17) is 20.0 Å². The van der Waals surface area contributed by atoms with Gasteiger partial charge in [-0.15, -0.1) is 0 Å². The molecular formula is C63H85N6O4+. The van der Waals surface area contributed by atoms with Crippen LogP contribution in [0.15, 0.2) is 87.2 Å². The summed E-state index contributed by atoms with van der Waals surface area (Å²) in [5.41, 5.74) is 10.2. The standard InChI is InChI=1S/C63H84N6O4/c1-40-25-48(60(3,4)5)27-42(56(40)70)33-64-52-19-15-17-21-54(52)66-35-44-29-50(62(9,10)11)31-46(58(44)72)37-68-23-24-69(39-68)38-47-32-51(63(12,13)14)30-45(59(47)73)36-67-55-22-18-16-20-53(55)65-34-43-28-49(61(6,7)8)26-41(2)57(43)71/h23-36,39,52-55H,15-22,37-38H2,1-14H3,(H3-,64,65,66,67,70,71,72,73)/p+1. The number of aromatic hydroxyl groups is 4. The lowest BCUT2D eigenvalue weighted by molar-refractivity contribution is -0.687. The van der Waals surface area contributed by atoms with E-state index in [2.05, 4.69) is 129 Å². The van der Waals surface area contributed by atoms with Gasteiger partial charge >= 0.3 is 0 Å². The summed E-state index contributed by atoms with van der Waals surface area (Å²) in [4.78, 5) is 20.3. The molecule has 2 fully saturated rings. The van der Waals surface area contributed by atoms with Crippen LogP contribution in [0.2, 0.25) is 0 Å². The lowest BCUT2D eigenvalue weighted by Gasteiger charge is -2.26. The summed E-state index contributed by atoms with van der Waals surface area (Å²) in [6.07, 6.45) is 21.3. The fourth-order valence-electron chi connectivity index (χ4n) is 10.0. The number of phenols is 4. The molecule has 7 rings (SSSR count). The first-order chi connectivity index (χ1) is 34.1. The fraction of sp³-hybridized carbons (Fsp3) is 0.508. The molecule has 1 heterocycles. The molecule has 0 aliphatic heterocycles. The van der Waals surface area contributed by atoms with Gasteiger partial charge in [-0.05, 0) is 131 Å². The van der Waals surface area contributed by atoms with Crippen molar-refractivity contribution >= 4 is 24.9 Å². The van der Waals surface area contributed by atoms with E-state index in [-0.39, 0.29) is 68.8 Å². The van der Waals surface area contributed by atoms with E-state index in [9.17, 15) is 20.4 Å². The van der Waals surface area contributed by atoms with Crippen LogP contribution >= 0.6 is 0 Å². The third-order valence-electron chi connectivity index (χ3n) is 15.0. The van der Waals surface area contributed by atoms with Gasteiger partial charge in [-0.3, -0.25) is 20.0 Å². The average molecular weight is 990 g/mol. The molecule has 0 radical (unpaired) electrons. The maximum Gasteiger partial charge on any atom is 0.244 e. The zero-order valence-corrected chi connectivity index (χ0v) is 46.5. The van der Waals surface area contributed by atoms with Crippen LogP contribution in [0.4, 0.5) is 0 Å². The maximum absolute atomic E-state index is 11.9. The van der Waals surface area contributed by atoms with Crippen molar-refractivity contribution in [2.75, 3.05) is 0 Å². The Kier molecular flexibility index (Phi) is 16.4. The molecule has 10 heteroatoms. The van der Waals surface area contributed by atoms with Gasteiger partial charge < -0.3 is 20.4 Å². The largest absolute Gasteiger partial charge is 0.507 e. The van der Waals surface area contributed by atoms with Gasteiger partial charge in [-0.25, -0.2) is 9.13 Å². The molecule has 0 amide bonds. The highest BCUT2D eigenvalue weighted by Crippen LogP contribution is 2.36. The van der Waals surface area contributed by atoms with Crippen molar-refractivity contribution in [1.29, 1.82) is 0 Å². The zero-order valence-electron chi connectivity index (χ0n) is 46.5. The first-order valence-electron chi connectivity index (χ1n) is 26.7. The summed E-state index contributed by atoms with van der Waals surface area (Å²) in [5.74, 6) is 0.952. The number of benzene rings is 4. The van der Waals surface area contributed by atoms with Crippen molar-refractivity contribution in [3.05, 3.63) is 134 Å². The summed E-state index contributed by atoms with van der Waals surface area (Å²) < 4.78 is 4.13. The van der Waals surface area contributed by atoms with Crippen molar-refractivity contribution in [2.24, 2.45) is 20.0 Å². The number of nitrogens with zero attached hydrogens (tertiary/aromatic N) is 6. The van der Waals surface area contributed by atoms with E-state index < -0.39 is 0 Å². The number of phenolic OH excluding ortho intramolecular Hbond substituents is 4. The van der Waals surface area contributed by atoms with E-state index in [1.807, 2.05) is 69.6 Å². The topological polar surface area (TPSA) is 139 Å². The first kappa shape index (κ1) is 54.7. The second kappa shape index (κ2) is 21.8. The van der Waals surface area contributed by atoms with E-state index >= 15 is 0 Å². The fourth-order valence-corrected chi connectivity index (χ4v) is 10.0. The second-order valence-electron chi connectivity index (χ2n) is 25.3. The molecule has 4 atom stereocenters. The van der Waals surface area contributed by atoms with E-state index in [1.54, 1.807) is 0 Å². The molecule has 10 nitrogen and oxygen atoms in total. The molecular weight excluding hydrogens is 905 g/mol. The SMILES string of the molecule is Cc1cc(C(C)(C)C)cc(C=NC2CCCCC2N=Cc2cc(C(C)(C)C)cc(Cn3cc[n+](Cc4cc(C(C)(C)C)cc(C=NC5CCCCC5N=Cc5cc(C(C)(C)C)cc(C)c5O)c4O)c3)c2O)c1O. The lowest BCUT2D eigenvalue weighted by atomic mass is 9.84. The van der Waals surface area contributed by atoms with Crippen molar-refractivity contribution < 1.29 is 25.0 Å². The van der Waals surface area contributed by atoms with Gasteiger partial charge in [0.2, 0.25) is 6.33 Å². The molecule has 0 spiro atoms. The van der Waals surface area contributed by atoms with E-state index in [1.165, 1.54) is 0 Å². The minimum atomic E-state index is -0.176. The molecule has 2 aliphatic carbocycles. The van der Waals surface area contributed by atoms with Crippen LogP contribution in [-0.2, 0) is 34.7 Å². The van der Waals surface area contributed by atoms with Crippen molar-refractivity contribution in [2.45, 2.75) is 207 Å². The molecule has 4 aromatic carbocycles. The van der Waals surface area contributed by atoms with Crippen LogP contribution in [0, 0.1) is 13.8 Å². The number of hydrogen-bond donors (Lipinski definition) is 4. The van der Waals surface area contributed by atoms with Gasteiger partial charge in [0.1, 0.15) is 48.5 Å². The highest BCUT2D eigenvalue weighted by molar-refractivity contribution is 5.87. The van der Waals surface area contributed by atoms with Crippen LogP contribution in [0.5, 0.6) is 23.0 Å². The minimum Gasteiger partial charge on any atom is -0.507 e. The van der Waals surface area contributed by atoms with Gasteiger partial charge in [-0.2, -0.15) is 0 Å². The van der Waals surface area contributed by atoms with Crippen molar-refractivity contribution in [3.63, 3.8) is 0 Å². The first-order valence-corrected chi connectivity index (χ1v) is 26.7. The predicted octanol–water partition coefficient (Wildman–Crippen LogP) is 13.2. The van der Waals surface area contributed by atoms with Crippen LogP contribution in [0.3, 0.4) is 0 Å². The monoisotopic (exact) mass is 990 g/mol. The molecule has 0 bridgehead atoms. The van der Waals surface area contributed by atoms with Gasteiger partial charge in [0.05, 0.1) is 24.2 Å². The third kappa shape index (κ3) is 13.6. The third-order valence-corrected chi connectivity index (χ3v) is 15.0. The van der Waals surface area contributed by atoms with Crippen molar-refractivity contribution in [1.82, 2.24) is 4.57 Å². The normalized spacial score (nSPS) is 19.6. The summed E-state index contributed by atoms with van der Waals surface area (Å²) in [6.45, 7) is 30.9. The number of aliphatic imine (C=N–C) groups is 4. The summed E-state index contributed by atoms with van der Waals surface area (Å²) in [6, 6.07) is 16.4. The average Bonchev–Trinajstić information content (AvgIpc) is 3.75. The Morgan fingerprint density at radius 2 is 0.781 bits per heavy atom. The van der Waals surface area contributed by atoms with Gasteiger partial charge in [0.15, 0.2) is 0 Å². The lowest BCUT2D eigenvalue weighted by Crippen LogP contribution is -2.32. The Balaban J connectivity index is 1.11. The molecule has 5 aromatic rings. The molecule has 4 unspecified atom stereocenters. The molecule has 390 valence electrons. The van der Waals surface area contributed by atoms with Crippen LogP contribution in [-0.4, -0.2) is 74.0 Å². The number of hydrogen-bond acceptors (Lipinski definition) is 8. The molecule has 0 saturated heterocycles. The number of aryl methyl sites for hydroxylation is 2. The van der Waals surface area contributed by atoms with E-state index in [0.29, 0.717) is 24.2 Å². The van der Waals surface area contributed by atoms with Gasteiger partial charge in [-0.1, -0.05) is 121 Å². The Bertz CT molecular complexity index is 2700. The summed E-state index contributed by atoms with van der Waals surface area (Å²) in [5, 5.41) is 45.8. The second-order valence-corrected chi connectivity index (χ2v) is 25.3.